The third kappa shape index (κ3) is 2.71. The second-order valence-electron chi connectivity index (χ2n) is 4.17. The molecule has 2 aromatic carbocycles. The van der Waals surface area contributed by atoms with Crippen LogP contribution in [0.5, 0.6) is 0 Å². The van der Waals surface area contributed by atoms with Gasteiger partial charge in [-0.2, -0.15) is 0 Å². The normalized spacial score (nSPS) is 10.3. The number of para-hydroxylation sites is 2. The first-order chi connectivity index (χ1) is 8.86. The Morgan fingerprint density at radius 2 is 1.39 bits per heavy atom. The predicted molar refractivity (Wildman–Crippen MR) is 75.7 cm³/mol. The summed E-state index contributed by atoms with van der Waals surface area (Å²) in [6, 6.07) is 16.2. The van der Waals surface area contributed by atoms with E-state index in [1.807, 2.05) is 36.4 Å². The van der Waals surface area contributed by atoms with Gasteiger partial charge in [0.25, 0.3) is 0 Å². The van der Waals surface area contributed by atoms with E-state index in [0.717, 1.165) is 24.0 Å². The van der Waals surface area contributed by atoms with Crippen LogP contribution in [0.1, 0.15) is 19.8 Å². The number of benzene rings is 2. The van der Waals surface area contributed by atoms with Crippen LogP contribution in [-0.2, 0) is 0 Å². The molecule has 0 aliphatic rings. The SMILES string of the molecule is CCCCO.c1ccc2c(c1)oc1ccccc12. The van der Waals surface area contributed by atoms with Crippen molar-refractivity contribution in [2.45, 2.75) is 19.8 Å². The summed E-state index contributed by atoms with van der Waals surface area (Å²) in [4.78, 5) is 0. The molecule has 0 aliphatic carbocycles. The van der Waals surface area contributed by atoms with Gasteiger partial charge in [-0.3, -0.25) is 0 Å². The van der Waals surface area contributed by atoms with Crippen LogP contribution in [0, 0.1) is 0 Å². The Labute approximate surface area is 107 Å². The number of unbranched alkanes of at least 4 members (excludes halogenated alkanes) is 1. The fraction of sp³-hybridized carbons (Fsp3) is 0.250. The van der Waals surface area contributed by atoms with Crippen LogP contribution in [0.25, 0.3) is 21.9 Å². The molecule has 3 rings (SSSR count). The van der Waals surface area contributed by atoms with E-state index in [9.17, 15) is 0 Å². The van der Waals surface area contributed by atoms with Crippen molar-refractivity contribution in [1.29, 1.82) is 0 Å². The third-order valence-electron chi connectivity index (χ3n) is 2.80. The maximum Gasteiger partial charge on any atom is 0.135 e. The Kier molecular flexibility index (Phi) is 4.37. The van der Waals surface area contributed by atoms with E-state index in [4.69, 9.17) is 9.52 Å². The monoisotopic (exact) mass is 242 g/mol. The Morgan fingerprint density at radius 3 is 1.78 bits per heavy atom. The van der Waals surface area contributed by atoms with Gasteiger partial charge in [0.2, 0.25) is 0 Å². The van der Waals surface area contributed by atoms with Crippen molar-refractivity contribution in [3.05, 3.63) is 48.5 Å². The van der Waals surface area contributed by atoms with Gasteiger partial charge in [-0.25, -0.2) is 0 Å². The van der Waals surface area contributed by atoms with Gasteiger partial charge < -0.3 is 9.52 Å². The fourth-order valence-corrected chi connectivity index (χ4v) is 1.83. The lowest BCUT2D eigenvalue weighted by Gasteiger charge is -1.85. The van der Waals surface area contributed by atoms with Crippen LogP contribution < -0.4 is 0 Å². The van der Waals surface area contributed by atoms with Crippen molar-refractivity contribution in [2.24, 2.45) is 0 Å². The van der Waals surface area contributed by atoms with Crippen LogP contribution in [0.3, 0.4) is 0 Å². The first-order valence-corrected chi connectivity index (χ1v) is 6.34. The summed E-state index contributed by atoms with van der Waals surface area (Å²) >= 11 is 0. The van der Waals surface area contributed by atoms with Gasteiger partial charge in [-0.1, -0.05) is 49.7 Å². The molecule has 94 valence electrons. The van der Waals surface area contributed by atoms with Crippen LogP contribution >= 0.6 is 0 Å². The van der Waals surface area contributed by atoms with Gasteiger partial charge in [-0.05, 0) is 18.6 Å². The molecule has 1 N–H and O–H groups in total. The molecule has 0 bridgehead atoms. The molecular formula is C16H18O2. The van der Waals surface area contributed by atoms with Gasteiger partial charge in [0.05, 0.1) is 0 Å². The third-order valence-corrected chi connectivity index (χ3v) is 2.80. The zero-order valence-electron chi connectivity index (χ0n) is 10.6. The maximum atomic E-state index is 8.07. The summed E-state index contributed by atoms with van der Waals surface area (Å²) in [6.45, 7) is 2.40. The Hall–Kier alpha value is -1.80. The minimum atomic E-state index is 0.344. The van der Waals surface area contributed by atoms with E-state index >= 15 is 0 Å². The van der Waals surface area contributed by atoms with Crippen molar-refractivity contribution in [3.8, 4) is 0 Å². The Morgan fingerprint density at radius 1 is 0.889 bits per heavy atom. The van der Waals surface area contributed by atoms with Crippen LogP contribution in [0.2, 0.25) is 0 Å². The van der Waals surface area contributed by atoms with Crippen molar-refractivity contribution < 1.29 is 9.52 Å². The minimum absolute atomic E-state index is 0.344. The first kappa shape index (κ1) is 12.7. The van der Waals surface area contributed by atoms with Gasteiger partial charge in [0.15, 0.2) is 0 Å². The van der Waals surface area contributed by atoms with Crippen LogP contribution in [0.4, 0.5) is 0 Å². The minimum Gasteiger partial charge on any atom is -0.456 e. The molecule has 0 unspecified atom stereocenters. The van der Waals surface area contributed by atoms with Crippen molar-refractivity contribution in [2.75, 3.05) is 6.61 Å². The molecule has 0 amide bonds. The summed E-state index contributed by atoms with van der Waals surface area (Å²) in [5.41, 5.74) is 1.92. The van der Waals surface area contributed by atoms with E-state index < -0.39 is 0 Å². The summed E-state index contributed by atoms with van der Waals surface area (Å²) < 4.78 is 5.65. The fourth-order valence-electron chi connectivity index (χ4n) is 1.83. The lowest BCUT2D eigenvalue weighted by atomic mass is 10.2. The van der Waals surface area contributed by atoms with E-state index in [1.54, 1.807) is 0 Å². The first-order valence-electron chi connectivity index (χ1n) is 6.34. The highest BCUT2D eigenvalue weighted by molar-refractivity contribution is 6.04. The lowest BCUT2D eigenvalue weighted by Crippen LogP contribution is -1.75. The van der Waals surface area contributed by atoms with Crippen molar-refractivity contribution in [1.82, 2.24) is 0 Å². The molecule has 0 fully saturated rings. The van der Waals surface area contributed by atoms with Crippen LogP contribution in [-0.4, -0.2) is 11.7 Å². The standard InChI is InChI=1S/C12H8O.C4H10O/c1-3-7-11-9(5-1)10-6-2-4-8-12(10)13-11;1-2-3-4-5/h1-8H;5H,2-4H2,1H3. The number of aliphatic hydroxyl groups excluding tert-OH is 1. The number of aliphatic hydroxyl groups is 1. The van der Waals surface area contributed by atoms with Crippen molar-refractivity contribution in [3.63, 3.8) is 0 Å². The number of hydrogen-bond donors (Lipinski definition) is 1. The van der Waals surface area contributed by atoms with Gasteiger partial charge in [0, 0.05) is 17.4 Å². The highest BCUT2D eigenvalue weighted by atomic mass is 16.3. The molecule has 18 heavy (non-hydrogen) atoms. The number of rotatable bonds is 2. The Bertz CT molecular complexity index is 558. The summed E-state index contributed by atoms with van der Waals surface area (Å²) in [7, 11) is 0. The highest BCUT2D eigenvalue weighted by Gasteiger charge is 2.03. The summed E-state index contributed by atoms with van der Waals surface area (Å²) in [5.74, 6) is 0. The maximum absolute atomic E-state index is 8.07. The van der Waals surface area contributed by atoms with E-state index in [0.29, 0.717) is 6.61 Å². The molecule has 3 aromatic rings. The molecule has 1 aromatic heterocycles. The average Bonchev–Trinajstić information content (AvgIpc) is 2.79. The molecular weight excluding hydrogens is 224 g/mol. The zero-order chi connectivity index (χ0) is 12.8. The molecule has 0 saturated heterocycles. The highest BCUT2D eigenvalue weighted by Crippen LogP contribution is 2.27. The topological polar surface area (TPSA) is 33.4 Å². The van der Waals surface area contributed by atoms with Gasteiger partial charge >= 0.3 is 0 Å². The molecule has 1 heterocycles. The smallest absolute Gasteiger partial charge is 0.135 e. The van der Waals surface area contributed by atoms with E-state index in [-0.39, 0.29) is 0 Å². The van der Waals surface area contributed by atoms with E-state index in [1.165, 1.54) is 10.8 Å². The molecule has 2 nitrogen and oxygen atoms in total. The zero-order valence-corrected chi connectivity index (χ0v) is 10.6. The summed E-state index contributed by atoms with van der Waals surface area (Å²) in [6.07, 6.45) is 2.04. The quantitative estimate of drug-likeness (QED) is 0.724. The predicted octanol–water partition coefficient (Wildman–Crippen LogP) is 4.36. The van der Waals surface area contributed by atoms with Gasteiger partial charge in [0.1, 0.15) is 11.2 Å². The van der Waals surface area contributed by atoms with E-state index in [2.05, 4.69) is 19.1 Å². The largest absolute Gasteiger partial charge is 0.456 e. The molecule has 0 atom stereocenters. The molecule has 2 heteroatoms. The lowest BCUT2D eigenvalue weighted by molar-refractivity contribution is 0.287. The average molecular weight is 242 g/mol. The summed E-state index contributed by atoms with van der Waals surface area (Å²) in [5, 5.41) is 10.5. The van der Waals surface area contributed by atoms with Gasteiger partial charge in [-0.15, -0.1) is 0 Å². The second kappa shape index (κ2) is 6.22. The molecule has 0 aliphatic heterocycles. The second-order valence-corrected chi connectivity index (χ2v) is 4.17. The van der Waals surface area contributed by atoms with Crippen LogP contribution in [0.15, 0.2) is 52.9 Å². The molecule has 0 saturated carbocycles. The number of furan rings is 1. The van der Waals surface area contributed by atoms with Crippen molar-refractivity contribution >= 4 is 21.9 Å². The molecule has 0 radical (unpaired) electrons. The number of hydrogen-bond acceptors (Lipinski definition) is 2. The molecule has 0 spiro atoms. The number of fused-ring (bicyclic) bond motifs is 3. The Balaban J connectivity index is 0.000000209.